The van der Waals surface area contributed by atoms with E-state index in [1.165, 1.54) is 12.1 Å². The first-order chi connectivity index (χ1) is 7.52. The summed E-state index contributed by atoms with van der Waals surface area (Å²) in [5.74, 6) is -0.464. The van der Waals surface area contributed by atoms with Crippen LogP contribution in [0, 0.1) is 5.82 Å². The Bertz CT molecular complexity index is 384. The number of halogens is 2. The van der Waals surface area contributed by atoms with Gasteiger partial charge >= 0.3 is 6.03 Å². The standard InChI is InChI=1S/C11H14BrFN2O/c1-3-7(2)14-11(16)15-10-5-4-8(12)6-9(10)13/h4-7H,3H2,1-2H3,(H2,14,15,16)/t7-/m1/s1. The molecule has 0 aromatic heterocycles. The Hall–Kier alpha value is -1.10. The number of carbonyl (C=O) groups excluding carboxylic acids is 1. The van der Waals surface area contributed by atoms with E-state index in [-0.39, 0.29) is 11.7 Å². The van der Waals surface area contributed by atoms with Gasteiger partial charge in [0.25, 0.3) is 0 Å². The molecule has 0 heterocycles. The molecule has 2 N–H and O–H groups in total. The van der Waals surface area contributed by atoms with Gasteiger partial charge in [0, 0.05) is 10.5 Å². The van der Waals surface area contributed by atoms with Gasteiger partial charge in [-0.1, -0.05) is 22.9 Å². The van der Waals surface area contributed by atoms with Gasteiger partial charge in [-0.2, -0.15) is 0 Å². The summed E-state index contributed by atoms with van der Waals surface area (Å²) in [7, 11) is 0. The molecule has 88 valence electrons. The third-order valence-electron chi connectivity index (χ3n) is 2.17. The number of hydrogen-bond donors (Lipinski definition) is 2. The zero-order valence-electron chi connectivity index (χ0n) is 9.18. The number of amides is 2. The Kier molecular flexibility index (Phi) is 4.73. The van der Waals surface area contributed by atoms with Crippen molar-refractivity contribution in [2.75, 3.05) is 5.32 Å². The zero-order chi connectivity index (χ0) is 12.1. The van der Waals surface area contributed by atoms with Crippen LogP contribution in [0.25, 0.3) is 0 Å². The normalized spacial score (nSPS) is 12.0. The molecule has 0 fully saturated rings. The molecule has 16 heavy (non-hydrogen) atoms. The summed E-state index contributed by atoms with van der Waals surface area (Å²) < 4.78 is 14.0. The fourth-order valence-corrected chi connectivity index (χ4v) is 1.41. The van der Waals surface area contributed by atoms with Crippen LogP contribution in [0.15, 0.2) is 22.7 Å². The van der Waals surface area contributed by atoms with E-state index in [2.05, 4.69) is 26.6 Å². The third kappa shape index (κ3) is 3.81. The average Bonchev–Trinajstić information content (AvgIpc) is 2.22. The molecule has 0 radical (unpaired) electrons. The van der Waals surface area contributed by atoms with Crippen molar-refractivity contribution in [1.82, 2.24) is 5.32 Å². The Morgan fingerprint density at radius 1 is 1.56 bits per heavy atom. The maximum absolute atomic E-state index is 13.4. The lowest BCUT2D eigenvalue weighted by atomic mass is 10.3. The van der Waals surface area contributed by atoms with Crippen molar-refractivity contribution < 1.29 is 9.18 Å². The highest BCUT2D eigenvalue weighted by Crippen LogP contribution is 2.19. The smallest absolute Gasteiger partial charge is 0.319 e. The van der Waals surface area contributed by atoms with Gasteiger partial charge in [0.1, 0.15) is 5.82 Å². The molecule has 1 aromatic carbocycles. The second-order valence-corrected chi connectivity index (χ2v) is 4.45. The van der Waals surface area contributed by atoms with E-state index in [1.807, 2.05) is 13.8 Å². The predicted octanol–water partition coefficient (Wildman–Crippen LogP) is 3.51. The molecule has 5 heteroatoms. The first-order valence-corrected chi connectivity index (χ1v) is 5.84. The van der Waals surface area contributed by atoms with Crippen molar-refractivity contribution in [3.05, 3.63) is 28.5 Å². The number of carbonyl (C=O) groups is 1. The van der Waals surface area contributed by atoms with Crippen molar-refractivity contribution in [3.8, 4) is 0 Å². The zero-order valence-corrected chi connectivity index (χ0v) is 10.8. The van der Waals surface area contributed by atoms with E-state index in [1.54, 1.807) is 6.07 Å². The molecule has 1 aromatic rings. The van der Waals surface area contributed by atoms with Gasteiger partial charge in [-0.05, 0) is 31.5 Å². The van der Waals surface area contributed by atoms with Gasteiger partial charge < -0.3 is 10.6 Å². The Morgan fingerprint density at radius 3 is 2.81 bits per heavy atom. The summed E-state index contributed by atoms with van der Waals surface area (Å²) >= 11 is 3.15. The van der Waals surface area contributed by atoms with Crippen LogP contribution >= 0.6 is 15.9 Å². The second kappa shape index (κ2) is 5.84. The van der Waals surface area contributed by atoms with Gasteiger partial charge in [-0.25, -0.2) is 9.18 Å². The highest BCUT2D eigenvalue weighted by atomic mass is 79.9. The van der Waals surface area contributed by atoms with Crippen LogP contribution in [0.4, 0.5) is 14.9 Å². The Morgan fingerprint density at radius 2 is 2.25 bits per heavy atom. The number of anilines is 1. The number of rotatable bonds is 3. The van der Waals surface area contributed by atoms with Gasteiger partial charge in [0.05, 0.1) is 5.69 Å². The summed E-state index contributed by atoms with van der Waals surface area (Å²) in [4.78, 5) is 11.4. The lowest BCUT2D eigenvalue weighted by Crippen LogP contribution is -2.35. The van der Waals surface area contributed by atoms with E-state index < -0.39 is 11.8 Å². The summed E-state index contributed by atoms with van der Waals surface area (Å²) in [5.41, 5.74) is 0.170. The predicted molar refractivity (Wildman–Crippen MR) is 66.0 cm³/mol. The highest BCUT2D eigenvalue weighted by Gasteiger charge is 2.08. The Labute approximate surface area is 103 Å². The molecule has 1 atom stereocenters. The maximum Gasteiger partial charge on any atom is 0.319 e. The molecule has 3 nitrogen and oxygen atoms in total. The first-order valence-electron chi connectivity index (χ1n) is 5.05. The van der Waals surface area contributed by atoms with Crippen molar-refractivity contribution in [2.45, 2.75) is 26.3 Å². The molecule has 0 saturated carbocycles. The summed E-state index contributed by atoms with van der Waals surface area (Å²) in [6.45, 7) is 3.85. The van der Waals surface area contributed by atoms with E-state index in [0.717, 1.165) is 6.42 Å². The topological polar surface area (TPSA) is 41.1 Å². The van der Waals surface area contributed by atoms with Crippen molar-refractivity contribution >= 4 is 27.6 Å². The minimum atomic E-state index is -0.464. The number of hydrogen-bond acceptors (Lipinski definition) is 1. The largest absolute Gasteiger partial charge is 0.335 e. The number of nitrogens with one attached hydrogen (secondary N) is 2. The fraction of sp³-hybridized carbons (Fsp3) is 0.364. The molecular formula is C11H14BrFN2O. The molecule has 0 spiro atoms. The lowest BCUT2D eigenvalue weighted by molar-refractivity contribution is 0.249. The summed E-state index contributed by atoms with van der Waals surface area (Å²) in [6, 6.07) is 4.16. The lowest BCUT2D eigenvalue weighted by Gasteiger charge is -2.12. The second-order valence-electron chi connectivity index (χ2n) is 3.53. The van der Waals surface area contributed by atoms with Crippen LogP contribution in [0.5, 0.6) is 0 Å². The van der Waals surface area contributed by atoms with Crippen LogP contribution in [0.2, 0.25) is 0 Å². The average molecular weight is 289 g/mol. The first kappa shape index (κ1) is 13.0. The van der Waals surface area contributed by atoms with Gasteiger partial charge in [-0.15, -0.1) is 0 Å². The van der Waals surface area contributed by atoms with Crippen LogP contribution in [0.1, 0.15) is 20.3 Å². The van der Waals surface area contributed by atoms with Crippen LogP contribution < -0.4 is 10.6 Å². The molecule has 1 rings (SSSR count). The molecule has 0 aliphatic heterocycles. The van der Waals surface area contributed by atoms with E-state index in [4.69, 9.17) is 0 Å². The molecule has 2 amide bonds. The van der Waals surface area contributed by atoms with Crippen LogP contribution in [0.3, 0.4) is 0 Å². The molecular weight excluding hydrogens is 275 g/mol. The quantitative estimate of drug-likeness (QED) is 0.878. The molecule has 0 aliphatic rings. The highest BCUT2D eigenvalue weighted by molar-refractivity contribution is 9.10. The molecule has 0 unspecified atom stereocenters. The number of benzene rings is 1. The summed E-state index contributed by atoms with van der Waals surface area (Å²) in [6.07, 6.45) is 0.830. The van der Waals surface area contributed by atoms with Crippen LogP contribution in [-0.2, 0) is 0 Å². The van der Waals surface area contributed by atoms with Crippen molar-refractivity contribution in [2.24, 2.45) is 0 Å². The fourth-order valence-electron chi connectivity index (χ4n) is 1.08. The van der Waals surface area contributed by atoms with Gasteiger partial charge in [0.2, 0.25) is 0 Å². The van der Waals surface area contributed by atoms with E-state index in [0.29, 0.717) is 4.47 Å². The SMILES string of the molecule is CC[C@@H](C)NC(=O)Nc1ccc(Br)cc1F. The third-order valence-corrected chi connectivity index (χ3v) is 2.66. The van der Waals surface area contributed by atoms with E-state index in [9.17, 15) is 9.18 Å². The Balaban J connectivity index is 2.63. The van der Waals surface area contributed by atoms with Gasteiger partial charge in [0.15, 0.2) is 0 Å². The monoisotopic (exact) mass is 288 g/mol. The maximum atomic E-state index is 13.4. The molecule has 0 saturated heterocycles. The van der Waals surface area contributed by atoms with Gasteiger partial charge in [-0.3, -0.25) is 0 Å². The minimum Gasteiger partial charge on any atom is -0.335 e. The molecule has 0 bridgehead atoms. The van der Waals surface area contributed by atoms with E-state index >= 15 is 0 Å². The number of urea groups is 1. The molecule has 0 aliphatic carbocycles. The van der Waals surface area contributed by atoms with Crippen molar-refractivity contribution in [1.29, 1.82) is 0 Å². The van der Waals surface area contributed by atoms with Crippen LogP contribution in [-0.4, -0.2) is 12.1 Å². The summed E-state index contributed by atoms with van der Waals surface area (Å²) in [5, 5.41) is 5.15. The van der Waals surface area contributed by atoms with Crippen molar-refractivity contribution in [3.63, 3.8) is 0 Å². The minimum absolute atomic E-state index is 0.0681.